The maximum Gasteiger partial charge on any atom is 0.376 e. The fourth-order valence-electron chi connectivity index (χ4n) is 2.53. The van der Waals surface area contributed by atoms with Gasteiger partial charge in [-0.3, -0.25) is 0 Å². The summed E-state index contributed by atoms with van der Waals surface area (Å²) in [5, 5.41) is 7.77. The van der Waals surface area contributed by atoms with Crippen molar-refractivity contribution < 1.29 is 18.8 Å². The van der Waals surface area contributed by atoms with Gasteiger partial charge in [0.25, 0.3) is 5.71 Å². The summed E-state index contributed by atoms with van der Waals surface area (Å²) in [4.78, 5) is 20.4. The summed E-state index contributed by atoms with van der Waals surface area (Å²) in [5.74, 6) is 0.570. The molecule has 3 rings (SSSR count). The standard InChI is InChI=1S/C18H20N4O4/c1-4-24-13-9-7-6-8-12(13)10-19-15-14-11(3)22-26-17(14)21-16(20-15)18(23)25-5-2/h6-9H,4-5,10H2,1-3H3,(H,19,20,21). The van der Waals surface area contributed by atoms with Crippen LogP contribution < -0.4 is 10.1 Å². The highest BCUT2D eigenvalue weighted by atomic mass is 16.5. The number of aryl methyl sites for hydroxylation is 1. The number of esters is 1. The van der Waals surface area contributed by atoms with E-state index in [1.54, 1.807) is 13.8 Å². The number of carbonyl (C=O) groups is 1. The highest BCUT2D eigenvalue weighted by molar-refractivity contribution is 5.93. The van der Waals surface area contributed by atoms with Gasteiger partial charge in [0.15, 0.2) is 0 Å². The van der Waals surface area contributed by atoms with Crippen molar-refractivity contribution in [2.45, 2.75) is 27.3 Å². The number of benzene rings is 1. The van der Waals surface area contributed by atoms with Crippen molar-refractivity contribution in [3.63, 3.8) is 0 Å². The van der Waals surface area contributed by atoms with Gasteiger partial charge in [0.1, 0.15) is 17.0 Å². The van der Waals surface area contributed by atoms with Crippen molar-refractivity contribution in [2.75, 3.05) is 18.5 Å². The Kier molecular flexibility index (Phi) is 5.31. The Hall–Kier alpha value is -3.16. The van der Waals surface area contributed by atoms with Gasteiger partial charge in [0.2, 0.25) is 5.82 Å². The fraction of sp³-hybridized carbons (Fsp3) is 0.333. The van der Waals surface area contributed by atoms with Crippen LogP contribution in [0.2, 0.25) is 0 Å². The largest absolute Gasteiger partial charge is 0.494 e. The van der Waals surface area contributed by atoms with E-state index < -0.39 is 5.97 Å². The predicted molar refractivity (Wildman–Crippen MR) is 95.2 cm³/mol. The molecular formula is C18H20N4O4. The quantitative estimate of drug-likeness (QED) is 0.645. The lowest BCUT2D eigenvalue weighted by atomic mass is 10.2. The van der Waals surface area contributed by atoms with E-state index in [-0.39, 0.29) is 18.1 Å². The van der Waals surface area contributed by atoms with Crippen molar-refractivity contribution in [2.24, 2.45) is 0 Å². The minimum absolute atomic E-state index is 0.0731. The first-order valence-electron chi connectivity index (χ1n) is 8.39. The molecule has 0 aliphatic carbocycles. The van der Waals surface area contributed by atoms with Gasteiger partial charge >= 0.3 is 5.97 Å². The van der Waals surface area contributed by atoms with Crippen molar-refractivity contribution >= 4 is 22.9 Å². The molecule has 0 fully saturated rings. The van der Waals surface area contributed by atoms with Crippen LogP contribution in [0.3, 0.4) is 0 Å². The smallest absolute Gasteiger partial charge is 0.376 e. The maximum atomic E-state index is 12.0. The zero-order valence-corrected chi connectivity index (χ0v) is 14.9. The van der Waals surface area contributed by atoms with Crippen LogP contribution in [0.15, 0.2) is 28.8 Å². The average molecular weight is 356 g/mol. The molecular weight excluding hydrogens is 336 g/mol. The van der Waals surface area contributed by atoms with Crippen molar-refractivity contribution in [1.29, 1.82) is 0 Å². The van der Waals surface area contributed by atoms with E-state index in [4.69, 9.17) is 14.0 Å². The molecule has 2 aromatic heterocycles. The summed E-state index contributed by atoms with van der Waals surface area (Å²) < 4.78 is 15.8. The van der Waals surface area contributed by atoms with E-state index in [0.717, 1.165) is 11.3 Å². The Morgan fingerprint density at radius 3 is 2.77 bits per heavy atom. The first-order chi connectivity index (χ1) is 12.6. The molecule has 0 unspecified atom stereocenters. The second kappa shape index (κ2) is 7.81. The van der Waals surface area contributed by atoms with E-state index in [1.165, 1.54) is 0 Å². The van der Waals surface area contributed by atoms with Crippen molar-refractivity contribution in [1.82, 2.24) is 15.1 Å². The van der Waals surface area contributed by atoms with Crippen LogP contribution in [0.4, 0.5) is 5.82 Å². The van der Waals surface area contributed by atoms with Gasteiger partial charge in [0.05, 0.1) is 18.9 Å². The minimum Gasteiger partial charge on any atom is -0.494 e. The minimum atomic E-state index is -0.610. The van der Waals surface area contributed by atoms with Crippen LogP contribution in [0.1, 0.15) is 35.7 Å². The number of ether oxygens (including phenoxy) is 2. The summed E-state index contributed by atoms with van der Waals surface area (Å²) in [6.07, 6.45) is 0. The molecule has 0 saturated carbocycles. The molecule has 8 nitrogen and oxygen atoms in total. The number of nitrogens with zero attached hydrogens (tertiary/aromatic N) is 3. The molecule has 0 radical (unpaired) electrons. The number of para-hydroxylation sites is 1. The number of rotatable bonds is 7. The van der Waals surface area contributed by atoms with Crippen LogP contribution >= 0.6 is 0 Å². The van der Waals surface area contributed by atoms with Crippen molar-refractivity contribution in [3.8, 4) is 5.75 Å². The van der Waals surface area contributed by atoms with E-state index >= 15 is 0 Å². The van der Waals surface area contributed by atoms with E-state index in [9.17, 15) is 4.79 Å². The third kappa shape index (κ3) is 3.58. The van der Waals surface area contributed by atoms with Crippen LogP contribution in [0.25, 0.3) is 11.1 Å². The topological polar surface area (TPSA) is 99.4 Å². The lowest BCUT2D eigenvalue weighted by molar-refractivity contribution is 0.0512. The van der Waals surface area contributed by atoms with Gasteiger partial charge in [-0.2, -0.15) is 4.98 Å². The number of fused-ring (bicyclic) bond motifs is 1. The monoisotopic (exact) mass is 356 g/mol. The van der Waals surface area contributed by atoms with Gasteiger partial charge < -0.3 is 19.3 Å². The molecule has 8 heteroatoms. The second-order valence-corrected chi connectivity index (χ2v) is 5.46. The number of aromatic nitrogens is 3. The zero-order valence-electron chi connectivity index (χ0n) is 14.9. The number of anilines is 1. The molecule has 0 bridgehead atoms. The molecule has 0 amide bonds. The molecule has 0 aliphatic heterocycles. The Balaban J connectivity index is 1.93. The molecule has 26 heavy (non-hydrogen) atoms. The van der Waals surface area contributed by atoms with Gasteiger partial charge in [0, 0.05) is 12.1 Å². The molecule has 0 atom stereocenters. The highest BCUT2D eigenvalue weighted by Gasteiger charge is 2.19. The van der Waals surface area contributed by atoms with E-state index in [0.29, 0.717) is 30.0 Å². The number of carbonyl (C=O) groups excluding carboxylic acids is 1. The maximum absolute atomic E-state index is 12.0. The number of nitrogens with one attached hydrogen (secondary N) is 1. The lowest BCUT2D eigenvalue weighted by Crippen LogP contribution is -2.12. The van der Waals surface area contributed by atoms with Gasteiger partial charge in [-0.05, 0) is 26.8 Å². The molecule has 136 valence electrons. The number of hydrogen-bond acceptors (Lipinski definition) is 8. The Labute approximate surface area is 150 Å². The molecule has 3 aromatic rings. The van der Waals surface area contributed by atoms with Crippen LogP contribution in [-0.4, -0.2) is 34.3 Å². The van der Waals surface area contributed by atoms with Gasteiger partial charge in [-0.25, -0.2) is 9.78 Å². The fourth-order valence-corrected chi connectivity index (χ4v) is 2.53. The van der Waals surface area contributed by atoms with Crippen LogP contribution in [0, 0.1) is 6.92 Å². The predicted octanol–water partition coefficient (Wildman–Crippen LogP) is 3.11. The van der Waals surface area contributed by atoms with Gasteiger partial charge in [-0.15, -0.1) is 0 Å². The first kappa shape index (κ1) is 17.7. The average Bonchev–Trinajstić information content (AvgIpc) is 3.02. The molecule has 1 N–H and O–H groups in total. The first-order valence-corrected chi connectivity index (χ1v) is 8.39. The molecule has 2 heterocycles. The van der Waals surface area contributed by atoms with Crippen LogP contribution in [-0.2, 0) is 11.3 Å². The van der Waals surface area contributed by atoms with Gasteiger partial charge in [-0.1, -0.05) is 23.4 Å². The molecule has 0 saturated heterocycles. The summed E-state index contributed by atoms with van der Waals surface area (Å²) in [7, 11) is 0. The second-order valence-electron chi connectivity index (χ2n) is 5.46. The summed E-state index contributed by atoms with van der Waals surface area (Å²) >= 11 is 0. The highest BCUT2D eigenvalue weighted by Crippen LogP contribution is 2.26. The van der Waals surface area contributed by atoms with Crippen molar-refractivity contribution in [3.05, 3.63) is 41.3 Å². The Bertz CT molecular complexity index is 923. The summed E-state index contributed by atoms with van der Waals surface area (Å²) in [6.45, 7) is 6.71. The third-order valence-electron chi connectivity index (χ3n) is 3.68. The zero-order chi connectivity index (χ0) is 18.5. The normalized spacial score (nSPS) is 10.7. The Morgan fingerprint density at radius 1 is 1.19 bits per heavy atom. The molecule has 0 aliphatic rings. The van der Waals surface area contributed by atoms with Crippen LogP contribution in [0.5, 0.6) is 5.75 Å². The summed E-state index contributed by atoms with van der Waals surface area (Å²) in [6, 6.07) is 7.72. The number of hydrogen-bond donors (Lipinski definition) is 1. The summed E-state index contributed by atoms with van der Waals surface area (Å²) in [5.41, 5.74) is 1.84. The van der Waals surface area contributed by atoms with E-state index in [2.05, 4.69) is 20.4 Å². The SMILES string of the molecule is CCOC(=O)c1nc(NCc2ccccc2OCC)c2c(C)noc2n1. The van der Waals surface area contributed by atoms with E-state index in [1.807, 2.05) is 31.2 Å². The lowest BCUT2D eigenvalue weighted by Gasteiger charge is -2.12. The molecule has 0 spiro atoms. The third-order valence-corrected chi connectivity index (χ3v) is 3.68. The Morgan fingerprint density at radius 2 is 2.00 bits per heavy atom. The molecule has 1 aromatic carbocycles.